The summed E-state index contributed by atoms with van der Waals surface area (Å²) in [7, 11) is -0.996. The SMILES string of the molecule is [2H]c1c([2H])c(-n2c3ccccc3c3ccc4c5ccccc5sc4c32)c([2H])c([2H])c1B1OC(C)(C)C(C)(C)O1. The number of fused-ring (bicyclic) bond motifs is 7. The van der Waals surface area contributed by atoms with Crippen molar-refractivity contribution in [3.05, 3.63) is 84.8 Å². The first-order valence-electron chi connectivity index (χ1n) is 13.8. The average Bonchev–Trinajstić information content (AvgIpc) is 3.50. The van der Waals surface area contributed by atoms with Gasteiger partial charge in [-0.25, -0.2) is 0 Å². The van der Waals surface area contributed by atoms with E-state index in [-0.39, 0.29) is 35.3 Å². The molecule has 0 N–H and O–H groups in total. The van der Waals surface area contributed by atoms with Crippen molar-refractivity contribution in [1.29, 1.82) is 0 Å². The van der Waals surface area contributed by atoms with Crippen LogP contribution in [0.4, 0.5) is 0 Å². The van der Waals surface area contributed by atoms with Gasteiger partial charge in [0.15, 0.2) is 0 Å². The van der Waals surface area contributed by atoms with Crippen molar-refractivity contribution in [2.45, 2.75) is 38.9 Å². The van der Waals surface area contributed by atoms with E-state index in [0.717, 1.165) is 42.0 Å². The molecule has 6 aromatic rings. The summed E-state index contributed by atoms with van der Waals surface area (Å²) in [6.07, 6.45) is 0. The molecule has 2 aromatic heterocycles. The molecule has 3 nitrogen and oxygen atoms in total. The molecule has 0 unspecified atom stereocenters. The van der Waals surface area contributed by atoms with Gasteiger partial charge in [0.1, 0.15) is 0 Å². The van der Waals surface area contributed by atoms with E-state index in [1.54, 1.807) is 11.3 Å². The Kier molecular flexibility index (Phi) is 3.57. The summed E-state index contributed by atoms with van der Waals surface area (Å²) in [5.74, 6) is 0. The van der Waals surface area contributed by atoms with Crippen LogP contribution in [0.5, 0.6) is 0 Å². The summed E-state index contributed by atoms with van der Waals surface area (Å²) in [5, 5.41) is 4.28. The van der Waals surface area contributed by atoms with Crippen LogP contribution < -0.4 is 5.46 Å². The van der Waals surface area contributed by atoms with E-state index in [1.807, 2.05) is 68.7 Å². The number of benzene rings is 4. The molecule has 1 aliphatic rings. The normalized spacial score (nSPS) is 18.9. The first-order chi connectivity index (χ1) is 18.5. The molecule has 0 saturated carbocycles. The highest BCUT2D eigenvalue weighted by Crippen LogP contribution is 2.43. The molecule has 3 heterocycles. The number of aromatic nitrogens is 1. The highest BCUT2D eigenvalue weighted by atomic mass is 32.1. The summed E-state index contributed by atoms with van der Waals surface area (Å²) in [6, 6.07) is 19.9. The van der Waals surface area contributed by atoms with Crippen molar-refractivity contribution in [2.75, 3.05) is 0 Å². The molecule has 0 aliphatic carbocycles. The fraction of sp³-hybridized carbons (Fsp3) is 0.200. The van der Waals surface area contributed by atoms with Crippen molar-refractivity contribution < 1.29 is 14.8 Å². The predicted octanol–water partition coefficient (Wildman–Crippen LogP) is 7.45. The molecule has 0 amide bonds. The van der Waals surface area contributed by atoms with Crippen molar-refractivity contribution in [1.82, 2.24) is 4.57 Å². The van der Waals surface area contributed by atoms with Gasteiger partial charge in [0.2, 0.25) is 0 Å². The summed E-state index contributed by atoms with van der Waals surface area (Å²) < 4.78 is 52.8. The quantitative estimate of drug-likeness (QED) is 0.241. The van der Waals surface area contributed by atoms with Crippen LogP contribution in [0, 0.1) is 0 Å². The third-order valence-corrected chi connectivity index (χ3v) is 8.72. The van der Waals surface area contributed by atoms with Crippen LogP contribution in [-0.4, -0.2) is 22.9 Å². The molecule has 35 heavy (non-hydrogen) atoms. The molecule has 5 heteroatoms. The topological polar surface area (TPSA) is 23.4 Å². The Morgan fingerprint density at radius 3 is 2.11 bits per heavy atom. The van der Waals surface area contributed by atoms with Crippen molar-refractivity contribution in [3.63, 3.8) is 0 Å². The van der Waals surface area contributed by atoms with Gasteiger partial charge in [0.05, 0.1) is 32.4 Å². The zero-order valence-electron chi connectivity index (χ0n) is 24.0. The number of thiophene rings is 1. The maximum Gasteiger partial charge on any atom is 0.494 e. The van der Waals surface area contributed by atoms with Crippen LogP contribution >= 0.6 is 11.3 Å². The van der Waals surface area contributed by atoms with Crippen LogP contribution in [0.25, 0.3) is 47.7 Å². The Balaban J connectivity index is 1.58. The second-order valence-corrected chi connectivity index (χ2v) is 11.2. The maximum atomic E-state index is 9.16. The molecule has 1 saturated heterocycles. The largest absolute Gasteiger partial charge is 0.494 e. The van der Waals surface area contributed by atoms with E-state index in [4.69, 9.17) is 14.8 Å². The summed E-state index contributed by atoms with van der Waals surface area (Å²) in [4.78, 5) is 0. The van der Waals surface area contributed by atoms with Gasteiger partial charge in [-0.3, -0.25) is 0 Å². The molecule has 0 atom stereocenters. The molecule has 0 bridgehead atoms. The van der Waals surface area contributed by atoms with Crippen LogP contribution in [0.1, 0.15) is 33.2 Å². The Morgan fingerprint density at radius 2 is 1.37 bits per heavy atom. The fourth-order valence-corrected chi connectivity index (χ4v) is 6.21. The fourth-order valence-electron chi connectivity index (χ4n) is 4.97. The molecule has 7 rings (SSSR count). The minimum Gasteiger partial charge on any atom is -0.399 e. The monoisotopic (exact) mass is 479 g/mol. The molecule has 4 aromatic carbocycles. The minimum atomic E-state index is -0.996. The Bertz CT molecular complexity index is 1950. The van der Waals surface area contributed by atoms with Gasteiger partial charge in [-0.05, 0) is 57.4 Å². The number of hydrogen-bond donors (Lipinski definition) is 0. The van der Waals surface area contributed by atoms with Crippen molar-refractivity contribution in [2.24, 2.45) is 0 Å². The lowest BCUT2D eigenvalue weighted by Gasteiger charge is -2.32. The lowest BCUT2D eigenvalue weighted by Crippen LogP contribution is -2.41. The molecule has 172 valence electrons. The zero-order valence-corrected chi connectivity index (χ0v) is 20.8. The Hall–Kier alpha value is -3.12. The minimum absolute atomic E-state index is 0.124. The third-order valence-electron chi connectivity index (χ3n) is 7.52. The molecule has 1 fully saturated rings. The van der Waals surface area contributed by atoms with E-state index in [1.165, 1.54) is 0 Å². The maximum absolute atomic E-state index is 9.16. The Labute approximate surface area is 214 Å². The van der Waals surface area contributed by atoms with Crippen LogP contribution in [-0.2, 0) is 9.31 Å². The second kappa shape index (κ2) is 7.20. The first kappa shape index (κ1) is 17.3. The predicted molar refractivity (Wildman–Crippen MR) is 149 cm³/mol. The molecule has 0 spiro atoms. The molecular formula is C30H26BNO2S. The highest BCUT2D eigenvalue weighted by molar-refractivity contribution is 7.26. The highest BCUT2D eigenvalue weighted by Gasteiger charge is 2.51. The standard InChI is InChI=1S/C30H26BNO2S/c1-29(2)30(3,4)34-31(33-29)19-13-15-20(16-14-19)32-25-11-7-5-9-21(25)23-17-18-24-22-10-6-8-12-26(22)35-28(24)27(23)32/h5-18H,1-4H3/i13D,14D,15D,16D. The molecule has 1 aliphatic heterocycles. The van der Waals surface area contributed by atoms with Gasteiger partial charge in [0, 0.05) is 31.9 Å². The Morgan fingerprint density at radius 1 is 0.743 bits per heavy atom. The van der Waals surface area contributed by atoms with Gasteiger partial charge in [-0.2, -0.15) is 0 Å². The van der Waals surface area contributed by atoms with E-state index >= 15 is 0 Å². The van der Waals surface area contributed by atoms with Crippen LogP contribution in [0.2, 0.25) is 0 Å². The van der Waals surface area contributed by atoms with Crippen LogP contribution in [0.3, 0.4) is 0 Å². The summed E-state index contributed by atoms with van der Waals surface area (Å²) in [5.41, 5.74) is 0.737. The number of rotatable bonds is 2. The van der Waals surface area contributed by atoms with Crippen LogP contribution in [0.15, 0.2) is 84.8 Å². The van der Waals surface area contributed by atoms with Gasteiger partial charge < -0.3 is 13.9 Å². The van der Waals surface area contributed by atoms with Gasteiger partial charge >= 0.3 is 7.12 Å². The summed E-state index contributed by atoms with van der Waals surface area (Å²) in [6.45, 7) is 7.64. The molecular weight excluding hydrogens is 449 g/mol. The van der Waals surface area contributed by atoms with Crippen molar-refractivity contribution in [3.8, 4) is 5.69 Å². The van der Waals surface area contributed by atoms with Crippen molar-refractivity contribution >= 4 is 65.9 Å². The van der Waals surface area contributed by atoms with E-state index in [9.17, 15) is 0 Å². The van der Waals surface area contributed by atoms with E-state index < -0.39 is 18.3 Å². The van der Waals surface area contributed by atoms with E-state index in [2.05, 4.69) is 24.3 Å². The average molecular weight is 479 g/mol. The lowest BCUT2D eigenvalue weighted by atomic mass is 9.79. The molecule has 0 radical (unpaired) electrons. The zero-order chi connectivity index (χ0) is 27.4. The third kappa shape index (κ3) is 2.99. The number of nitrogens with zero attached hydrogens (tertiary/aromatic N) is 1. The lowest BCUT2D eigenvalue weighted by molar-refractivity contribution is 0.00578. The first-order valence-corrected chi connectivity index (χ1v) is 12.6. The van der Waals surface area contributed by atoms with Gasteiger partial charge in [-0.15, -0.1) is 11.3 Å². The van der Waals surface area contributed by atoms with Gasteiger partial charge in [-0.1, -0.05) is 60.6 Å². The number of hydrogen-bond acceptors (Lipinski definition) is 3. The van der Waals surface area contributed by atoms with Gasteiger partial charge in [0.25, 0.3) is 0 Å². The summed E-state index contributed by atoms with van der Waals surface area (Å²) >= 11 is 1.68. The van der Waals surface area contributed by atoms with E-state index in [0.29, 0.717) is 0 Å². The smallest absolute Gasteiger partial charge is 0.399 e. The second-order valence-electron chi connectivity index (χ2n) is 10.1. The number of para-hydroxylation sites is 1.